The summed E-state index contributed by atoms with van der Waals surface area (Å²) in [5, 5.41) is 5.29. The van der Waals surface area contributed by atoms with Gasteiger partial charge in [-0.25, -0.2) is 0 Å². The number of primary amides is 1. The summed E-state index contributed by atoms with van der Waals surface area (Å²) in [6, 6.07) is -0.232. The molecule has 0 heterocycles. The van der Waals surface area contributed by atoms with Gasteiger partial charge in [0.25, 0.3) is 0 Å². The normalized spacial score (nSPS) is 12.6. The number of carbonyl (C=O) groups is 3. The van der Waals surface area contributed by atoms with E-state index in [9.17, 15) is 14.4 Å². The molecule has 0 rings (SSSR count). The molecule has 0 spiro atoms. The quantitative estimate of drug-likeness (QED) is 0.256. The average molecular weight is 419 g/mol. The second-order valence-corrected chi connectivity index (χ2v) is 8.79. The Kier molecular flexibility index (Phi) is 15.4. The topological polar surface area (TPSA) is 146 Å². The molecular weight excluding hydrogens is 376 g/mol. The van der Waals surface area contributed by atoms with E-state index in [1.807, 2.05) is 27.7 Å². The van der Waals surface area contributed by atoms with Crippen LogP contribution in [0.2, 0.25) is 0 Å². The van der Waals surface area contributed by atoms with Gasteiger partial charge in [-0.3, -0.25) is 14.4 Å². The predicted molar refractivity (Wildman–Crippen MR) is 114 cm³/mol. The molecule has 0 aromatic rings. The number of nitrogens with one attached hydrogen (secondary N) is 2. The number of amides is 3. The van der Waals surface area contributed by atoms with Crippen LogP contribution in [0.4, 0.5) is 0 Å². The molecule has 0 aromatic heterocycles. The van der Waals surface area contributed by atoms with Crippen LogP contribution >= 0.6 is 0 Å². The highest BCUT2D eigenvalue weighted by molar-refractivity contribution is 5.76. The molecule has 0 aliphatic rings. The molecule has 9 heteroatoms. The zero-order chi connectivity index (χ0) is 23.1. The first-order valence-corrected chi connectivity index (χ1v) is 9.92. The van der Waals surface area contributed by atoms with Crippen molar-refractivity contribution in [2.45, 2.75) is 78.9 Å². The maximum Gasteiger partial charge on any atom is 0.222 e. The lowest BCUT2D eigenvalue weighted by molar-refractivity contribution is -0.123. The first kappa shape index (κ1) is 29.5. The second-order valence-electron chi connectivity index (χ2n) is 8.79. The number of carbonyl (C=O) groups excluding carboxylic acids is 3. The minimum atomic E-state index is -0.442. The molecule has 1 atom stereocenters. The fourth-order valence-corrected chi connectivity index (χ4v) is 1.42. The molecule has 6 N–H and O–H groups in total. The van der Waals surface area contributed by atoms with Gasteiger partial charge < -0.3 is 31.6 Å². The summed E-state index contributed by atoms with van der Waals surface area (Å²) >= 11 is 0. The van der Waals surface area contributed by atoms with Crippen LogP contribution in [0.5, 0.6) is 0 Å². The standard InChI is InChI=1S/C13H25N3O5.C7H17N/c1-10(2)16-13(19)4-6-21-8-11(15-9-17)7-20-5-3-12(14)18;1-6(2,3)7(4,5)8/h9-11H,3-8H2,1-2H3,(H2,14,18)(H,15,17)(H,16,19);8H2,1-5H3. The maximum absolute atomic E-state index is 11.4. The molecule has 9 nitrogen and oxygen atoms in total. The minimum absolute atomic E-state index is 0.0625. The zero-order valence-corrected chi connectivity index (χ0v) is 19.2. The minimum Gasteiger partial charge on any atom is -0.379 e. The van der Waals surface area contributed by atoms with Gasteiger partial charge in [0.15, 0.2) is 0 Å². The first-order valence-electron chi connectivity index (χ1n) is 9.92. The van der Waals surface area contributed by atoms with Crippen LogP contribution in [0.1, 0.15) is 61.3 Å². The van der Waals surface area contributed by atoms with Gasteiger partial charge in [0.1, 0.15) is 0 Å². The monoisotopic (exact) mass is 418 g/mol. The lowest BCUT2D eigenvalue weighted by Gasteiger charge is -2.34. The number of nitrogens with two attached hydrogens (primary N) is 2. The van der Waals surface area contributed by atoms with E-state index in [0.717, 1.165) is 0 Å². The summed E-state index contributed by atoms with van der Waals surface area (Å²) in [6.45, 7) is 15.2. The number of ether oxygens (including phenoxy) is 2. The molecular formula is C20H42N4O5. The third kappa shape index (κ3) is 19.4. The SMILES string of the molecule is CC(C)(C)C(C)(C)N.CC(C)NC(=O)CCOCC(COCCC(N)=O)NC=O. The Labute approximate surface area is 175 Å². The van der Waals surface area contributed by atoms with Gasteiger partial charge in [-0.2, -0.15) is 0 Å². The van der Waals surface area contributed by atoms with Crippen LogP contribution in [0, 0.1) is 5.41 Å². The average Bonchev–Trinajstić information content (AvgIpc) is 2.53. The van der Waals surface area contributed by atoms with Crippen LogP contribution in [0.25, 0.3) is 0 Å². The Bertz CT molecular complexity index is 458. The van der Waals surface area contributed by atoms with Gasteiger partial charge in [-0.05, 0) is 33.1 Å². The summed E-state index contributed by atoms with van der Waals surface area (Å²) in [5.41, 5.74) is 10.9. The largest absolute Gasteiger partial charge is 0.379 e. The molecule has 0 aliphatic carbocycles. The van der Waals surface area contributed by atoms with Crippen molar-refractivity contribution in [1.29, 1.82) is 0 Å². The van der Waals surface area contributed by atoms with Gasteiger partial charge in [-0.1, -0.05) is 20.8 Å². The Morgan fingerprint density at radius 2 is 1.45 bits per heavy atom. The van der Waals surface area contributed by atoms with Gasteiger partial charge in [0, 0.05) is 24.4 Å². The number of hydrogen-bond acceptors (Lipinski definition) is 6. The van der Waals surface area contributed by atoms with Crippen molar-refractivity contribution in [3.05, 3.63) is 0 Å². The third-order valence-electron chi connectivity index (χ3n) is 4.29. The molecule has 29 heavy (non-hydrogen) atoms. The van der Waals surface area contributed by atoms with Crippen molar-refractivity contribution in [3.8, 4) is 0 Å². The van der Waals surface area contributed by atoms with Gasteiger partial charge >= 0.3 is 0 Å². The van der Waals surface area contributed by atoms with Gasteiger partial charge in [-0.15, -0.1) is 0 Å². The first-order chi connectivity index (χ1) is 13.2. The van der Waals surface area contributed by atoms with Crippen molar-refractivity contribution in [2.75, 3.05) is 26.4 Å². The smallest absolute Gasteiger partial charge is 0.222 e. The summed E-state index contributed by atoms with van der Waals surface area (Å²) in [5.74, 6) is -0.523. The maximum atomic E-state index is 11.4. The van der Waals surface area contributed by atoms with Crippen molar-refractivity contribution in [2.24, 2.45) is 16.9 Å². The van der Waals surface area contributed by atoms with Gasteiger partial charge in [0.05, 0.1) is 32.5 Å². The molecule has 0 radical (unpaired) electrons. The highest BCUT2D eigenvalue weighted by atomic mass is 16.5. The van der Waals surface area contributed by atoms with Crippen molar-refractivity contribution >= 4 is 18.2 Å². The molecule has 172 valence electrons. The summed E-state index contributed by atoms with van der Waals surface area (Å²) < 4.78 is 10.5. The molecule has 1 unspecified atom stereocenters. The summed E-state index contributed by atoms with van der Waals surface area (Å²) in [7, 11) is 0. The van der Waals surface area contributed by atoms with E-state index in [4.69, 9.17) is 20.9 Å². The molecule has 0 aliphatic heterocycles. The van der Waals surface area contributed by atoms with Crippen molar-refractivity contribution < 1.29 is 23.9 Å². The highest BCUT2D eigenvalue weighted by Crippen LogP contribution is 2.26. The molecule has 0 saturated carbocycles. The zero-order valence-electron chi connectivity index (χ0n) is 19.2. The predicted octanol–water partition coefficient (Wildman–Crippen LogP) is 0.694. The van der Waals surface area contributed by atoms with E-state index < -0.39 is 5.91 Å². The van der Waals surface area contributed by atoms with Crippen LogP contribution in [-0.4, -0.2) is 62.3 Å². The molecule has 0 bridgehead atoms. The Balaban J connectivity index is 0. The Morgan fingerprint density at radius 1 is 1.00 bits per heavy atom. The lowest BCUT2D eigenvalue weighted by Crippen LogP contribution is -2.45. The fourth-order valence-electron chi connectivity index (χ4n) is 1.42. The van der Waals surface area contributed by atoms with Gasteiger partial charge in [0.2, 0.25) is 18.2 Å². The number of rotatable bonds is 13. The summed E-state index contributed by atoms with van der Waals surface area (Å²) in [6.07, 6.45) is 0.940. The van der Waals surface area contributed by atoms with Crippen molar-refractivity contribution in [1.82, 2.24) is 10.6 Å². The lowest BCUT2D eigenvalue weighted by atomic mass is 9.77. The molecule has 0 saturated heterocycles. The van der Waals surface area contributed by atoms with Crippen molar-refractivity contribution in [3.63, 3.8) is 0 Å². The Morgan fingerprint density at radius 3 is 1.79 bits per heavy atom. The molecule has 0 fully saturated rings. The fraction of sp³-hybridized carbons (Fsp3) is 0.850. The van der Waals surface area contributed by atoms with Crippen LogP contribution < -0.4 is 22.1 Å². The van der Waals surface area contributed by atoms with E-state index in [-0.39, 0.29) is 68.2 Å². The van der Waals surface area contributed by atoms with E-state index in [0.29, 0.717) is 6.41 Å². The summed E-state index contributed by atoms with van der Waals surface area (Å²) in [4.78, 5) is 32.4. The van der Waals surface area contributed by atoms with E-state index >= 15 is 0 Å². The molecule has 0 aromatic carbocycles. The van der Waals surface area contributed by atoms with Crippen LogP contribution in [-0.2, 0) is 23.9 Å². The Hall–Kier alpha value is -1.71. The van der Waals surface area contributed by atoms with Crippen LogP contribution in [0.3, 0.4) is 0 Å². The van der Waals surface area contributed by atoms with Crippen LogP contribution in [0.15, 0.2) is 0 Å². The highest BCUT2D eigenvalue weighted by Gasteiger charge is 2.27. The van der Waals surface area contributed by atoms with E-state index in [2.05, 4.69) is 31.4 Å². The van der Waals surface area contributed by atoms with E-state index in [1.54, 1.807) is 0 Å². The molecule has 3 amide bonds. The third-order valence-corrected chi connectivity index (χ3v) is 4.29. The second kappa shape index (κ2) is 15.2. The number of hydrogen-bond donors (Lipinski definition) is 4. The van der Waals surface area contributed by atoms with E-state index in [1.165, 1.54) is 0 Å².